The lowest BCUT2D eigenvalue weighted by atomic mass is 9.91. The van der Waals surface area contributed by atoms with Crippen molar-refractivity contribution in [1.29, 1.82) is 0 Å². The Labute approximate surface area is 108 Å². The van der Waals surface area contributed by atoms with Crippen LogP contribution < -0.4 is 0 Å². The van der Waals surface area contributed by atoms with Crippen LogP contribution in [0, 0.1) is 36.8 Å². The fraction of sp³-hybridized carbons (Fsp3) is 0.500. The average Bonchev–Trinajstić information content (AvgIpc) is 2.36. The van der Waals surface area contributed by atoms with Gasteiger partial charge in [-0.1, -0.05) is 31.9 Å². The second-order valence-corrected chi connectivity index (χ2v) is 4.79. The van der Waals surface area contributed by atoms with Crippen molar-refractivity contribution in [3.05, 3.63) is 34.9 Å². The summed E-state index contributed by atoms with van der Waals surface area (Å²) in [5.41, 5.74) is 0.785. The van der Waals surface area contributed by atoms with Crippen LogP contribution in [0.1, 0.15) is 43.7 Å². The molecule has 0 saturated heterocycles. The zero-order chi connectivity index (χ0) is 13.5. The largest absolute Gasteiger partial charge is 0.203 e. The second-order valence-electron chi connectivity index (χ2n) is 4.79. The molecule has 1 aromatic rings. The fourth-order valence-corrected chi connectivity index (χ4v) is 2.09. The maximum atomic E-state index is 13.8. The summed E-state index contributed by atoms with van der Waals surface area (Å²) < 4.78 is 27.2. The van der Waals surface area contributed by atoms with Gasteiger partial charge in [-0.15, -0.1) is 12.3 Å². The molecule has 1 unspecified atom stereocenters. The molecule has 0 heterocycles. The zero-order valence-corrected chi connectivity index (χ0v) is 11.1. The van der Waals surface area contributed by atoms with E-state index in [2.05, 4.69) is 12.8 Å². The lowest BCUT2D eigenvalue weighted by molar-refractivity contribution is 0.446. The van der Waals surface area contributed by atoms with Crippen LogP contribution in [0.2, 0.25) is 0 Å². The van der Waals surface area contributed by atoms with Gasteiger partial charge in [0.15, 0.2) is 11.6 Å². The maximum Gasteiger partial charge on any atom is 0.162 e. The van der Waals surface area contributed by atoms with E-state index < -0.39 is 11.6 Å². The number of terminal acetylenes is 1. The van der Waals surface area contributed by atoms with Gasteiger partial charge in [0.25, 0.3) is 0 Å². The van der Waals surface area contributed by atoms with E-state index in [0.29, 0.717) is 24.0 Å². The summed E-state index contributed by atoms with van der Waals surface area (Å²) in [4.78, 5) is 0. The monoisotopic (exact) mass is 250 g/mol. The van der Waals surface area contributed by atoms with Crippen molar-refractivity contribution < 1.29 is 8.78 Å². The van der Waals surface area contributed by atoms with Gasteiger partial charge in [-0.25, -0.2) is 8.78 Å². The van der Waals surface area contributed by atoms with Gasteiger partial charge in [0.2, 0.25) is 0 Å². The van der Waals surface area contributed by atoms with Gasteiger partial charge in [-0.3, -0.25) is 0 Å². The maximum absolute atomic E-state index is 13.8. The van der Waals surface area contributed by atoms with Crippen LogP contribution in [-0.4, -0.2) is 0 Å². The zero-order valence-electron chi connectivity index (χ0n) is 11.1. The second kappa shape index (κ2) is 7.16. The fourth-order valence-electron chi connectivity index (χ4n) is 2.09. The molecule has 0 nitrogen and oxygen atoms in total. The van der Waals surface area contributed by atoms with Crippen LogP contribution in [0.3, 0.4) is 0 Å². The first-order valence-corrected chi connectivity index (χ1v) is 6.47. The minimum Gasteiger partial charge on any atom is -0.203 e. The third-order valence-electron chi connectivity index (χ3n) is 3.24. The number of halogens is 2. The molecular formula is C16H20F2. The van der Waals surface area contributed by atoms with Gasteiger partial charge in [-0.05, 0) is 36.8 Å². The summed E-state index contributed by atoms with van der Waals surface area (Å²) in [7, 11) is 0. The third kappa shape index (κ3) is 3.84. The molecule has 1 atom stereocenters. The van der Waals surface area contributed by atoms with E-state index in [1.807, 2.05) is 0 Å². The third-order valence-corrected chi connectivity index (χ3v) is 3.24. The van der Waals surface area contributed by atoms with Crippen molar-refractivity contribution in [2.75, 3.05) is 0 Å². The van der Waals surface area contributed by atoms with E-state index in [4.69, 9.17) is 6.42 Å². The summed E-state index contributed by atoms with van der Waals surface area (Å²) >= 11 is 0. The van der Waals surface area contributed by atoms with E-state index in [-0.39, 0.29) is 5.92 Å². The van der Waals surface area contributed by atoms with Crippen LogP contribution in [-0.2, 0) is 6.42 Å². The van der Waals surface area contributed by atoms with Gasteiger partial charge in [0.1, 0.15) is 0 Å². The average molecular weight is 250 g/mol. The van der Waals surface area contributed by atoms with Crippen LogP contribution in [0.4, 0.5) is 8.78 Å². The highest BCUT2D eigenvalue weighted by atomic mass is 19.2. The Morgan fingerprint density at radius 2 is 2.00 bits per heavy atom. The van der Waals surface area contributed by atoms with Gasteiger partial charge >= 0.3 is 0 Å². The lowest BCUT2D eigenvalue weighted by Gasteiger charge is -2.15. The summed E-state index contributed by atoms with van der Waals surface area (Å²) in [6.45, 7) is 3.68. The van der Waals surface area contributed by atoms with Crippen molar-refractivity contribution in [3.63, 3.8) is 0 Å². The highest BCUT2D eigenvalue weighted by molar-refractivity contribution is 5.25. The SMILES string of the molecule is C#CCC(CCCC)Cc1ccc(C)c(F)c1F. The van der Waals surface area contributed by atoms with Gasteiger partial charge in [0, 0.05) is 6.42 Å². The molecule has 0 saturated carbocycles. The first kappa shape index (κ1) is 14.7. The molecule has 1 rings (SSSR count). The number of hydrogen-bond acceptors (Lipinski definition) is 0. The molecule has 0 amide bonds. The Morgan fingerprint density at radius 3 is 2.61 bits per heavy atom. The van der Waals surface area contributed by atoms with Gasteiger partial charge in [0.05, 0.1) is 0 Å². The molecular weight excluding hydrogens is 230 g/mol. The summed E-state index contributed by atoms with van der Waals surface area (Å²) in [6.07, 6.45) is 9.60. The number of aryl methyl sites for hydroxylation is 1. The molecule has 0 aliphatic heterocycles. The Morgan fingerprint density at radius 1 is 1.28 bits per heavy atom. The molecule has 0 aliphatic rings. The van der Waals surface area contributed by atoms with Crippen LogP contribution in [0.5, 0.6) is 0 Å². The molecule has 0 bridgehead atoms. The molecule has 0 aromatic heterocycles. The van der Waals surface area contributed by atoms with E-state index in [1.54, 1.807) is 19.1 Å². The highest BCUT2D eigenvalue weighted by Gasteiger charge is 2.15. The molecule has 1 aromatic carbocycles. The summed E-state index contributed by atoms with van der Waals surface area (Å²) in [5, 5.41) is 0. The summed E-state index contributed by atoms with van der Waals surface area (Å²) in [5.74, 6) is 1.42. The van der Waals surface area contributed by atoms with E-state index in [1.165, 1.54) is 0 Å². The number of unbranched alkanes of at least 4 members (excludes halogenated alkanes) is 1. The molecule has 0 radical (unpaired) electrons. The number of hydrogen-bond donors (Lipinski definition) is 0. The smallest absolute Gasteiger partial charge is 0.162 e. The highest BCUT2D eigenvalue weighted by Crippen LogP contribution is 2.23. The van der Waals surface area contributed by atoms with Crippen molar-refractivity contribution in [2.45, 2.75) is 46.0 Å². The minimum absolute atomic E-state index is 0.242. The van der Waals surface area contributed by atoms with Crippen LogP contribution in [0.25, 0.3) is 0 Å². The first-order valence-electron chi connectivity index (χ1n) is 6.47. The lowest BCUT2D eigenvalue weighted by Crippen LogP contribution is -2.07. The quantitative estimate of drug-likeness (QED) is 0.645. The number of rotatable bonds is 6. The van der Waals surface area contributed by atoms with Gasteiger partial charge < -0.3 is 0 Å². The van der Waals surface area contributed by atoms with Crippen molar-refractivity contribution >= 4 is 0 Å². The molecule has 0 fully saturated rings. The topological polar surface area (TPSA) is 0 Å². The standard InChI is InChI=1S/C16H20F2/c1-4-6-8-13(7-5-2)11-14-10-9-12(3)15(17)16(14)18/h2,9-10,13H,4,6-8,11H2,1,3H3. The van der Waals surface area contributed by atoms with Crippen molar-refractivity contribution in [2.24, 2.45) is 5.92 Å². The Balaban J connectivity index is 2.81. The minimum atomic E-state index is -0.734. The molecule has 2 heteroatoms. The molecule has 98 valence electrons. The predicted octanol–water partition coefficient (Wildman–Crippen LogP) is 4.65. The van der Waals surface area contributed by atoms with E-state index >= 15 is 0 Å². The van der Waals surface area contributed by atoms with Crippen molar-refractivity contribution in [3.8, 4) is 12.3 Å². The van der Waals surface area contributed by atoms with Crippen LogP contribution >= 0.6 is 0 Å². The van der Waals surface area contributed by atoms with Crippen LogP contribution in [0.15, 0.2) is 12.1 Å². The normalized spacial score (nSPS) is 12.2. The predicted molar refractivity (Wildman–Crippen MR) is 71.3 cm³/mol. The first-order chi connectivity index (χ1) is 8.60. The van der Waals surface area contributed by atoms with E-state index in [9.17, 15) is 8.78 Å². The number of benzene rings is 1. The molecule has 0 N–H and O–H groups in total. The Kier molecular flexibility index (Phi) is 5.85. The molecule has 18 heavy (non-hydrogen) atoms. The molecule has 0 spiro atoms. The summed E-state index contributed by atoms with van der Waals surface area (Å²) in [6, 6.07) is 3.30. The van der Waals surface area contributed by atoms with Crippen molar-refractivity contribution in [1.82, 2.24) is 0 Å². The Hall–Kier alpha value is -1.36. The Bertz CT molecular complexity index is 429. The van der Waals surface area contributed by atoms with Gasteiger partial charge in [-0.2, -0.15) is 0 Å². The molecule has 0 aliphatic carbocycles. The van der Waals surface area contributed by atoms with E-state index in [0.717, 1.165) is 19.3 Å².